The second kappa shape index (κ2) is 8.97. The van der Waals surface area contributed by atoms with Gasteiger partial charge in [-0.3, -0.25) is 4.98 Å². The minimum atomic E-state index is -0.229. The van der Waals surface area contributed by atoms with Crippen LogP contribution >= 0.6 is 11.3 Å². The van der Waals surface area contributed by atoms with Crippen LogP contribution in [0.5, 0.6) is 0 Å². The van der Waals surface area contributed by atoms with Gasteiger partial charge in [-0.15, -0.1) is 11.3 Å². The second-order valence-electron chi connectivity index (χ2n) is 6.98. The van der Waals surface area contributed by atoms with E-state index < -0.39 is 0 Å². The summed E-state index contributed by atoms with van der Waals surface area (Å²) in [6, 6.07) is 21.2. The summed E-state index contributed by atoms with van der Waals surface area (Å²) in [7, 11) is 0. The van der Waals surface area contributed by atoms with Gasteiger partial charge in [-0.05, 0) is 67.3 Å². The van der Waals surface area contributed by atoms with Gasteiger partial charge in [0.2, 0.25) is 0 Å². The molecule has 146 valence electrons. The Hall–Kier alpha value is -3.05. The van der Waals surface area contributed by atoms with Gasteiger partial charge < -0.3 is 4.57 Å². The Kier molecular flexibility index (Phi) is 5.96. The fourth-order valence-electron chi connectivity index (χ4n) is 3.34. The first-order chi connectivity index (χ1) is 14.2. The van der Waals surface area contributed by atoms with Gasteiger partial charge in [-0.2, -0.15) is 0 Å². The summed E-state index contributed by atoms with van der Waals surface area (Å²) in [6.07, 6.45) is 5.47. The molecule has 0 radical (unpaired) electrons. The van der Waals surface area contributed by atoms with Gasteiger partial charge in [-0.1, -0.05) is 30.3 Å². The lowest BCUT2D eigenvalue weighted by Gasteiger charge is -2.18. The van der Waals surface area contributed by atoms with Crippen LogP contribution in [-0.2, 0) is 6.42 Å². The van der Waals surface area contributed by atoms with E-state index in [1.54, 1.807) is 23.7 Å². The van der Waals surface area contributed by atoms with Gasteiger partial charge in [0.15, 0.2) is 4.80 Å². The summed E-state index contributed by atoms with van der Waals surface area (Å²) in [5, 5.41) is 2.10. The van der Waals surface area contributed by atoms with E-state index >= 15 is 0 Å². The summed E-state index contributed by atoms with van der Waals surface area (Å²) in [5.41, 5.74) is 4.19. The second-order valence-corrected chi connectivity index (χ2v) is 7.81. The maximum Gasteiger partial charge on any atom is 0.190 e. The lowest BCUT2D eigenvalue weighted by atomic mass is 10.1. The molecule has 0 N–H and O–H groups in total. The van der Waals surface area contributed by atoms with E-state index in [0.29, 0.717) is 0 Å². The van der Waals surface area contributed by atoms with Crippen LogP contribution in [0.2, 0.25) is 0 Å². The summed E-state index contributed by atoms with van der Waals surface area (Å²) in [4.78, 5) is 9.91. The molecule has 0 spiro atoms. The van der Waals surface area contributed by atoms with Gasteiger partial charge in [0.25, 0.3) is 0 Å². The van der Waals surface area contributed by atoms with Gasteiger partial charge in [0.1, 0.15) is 5.82 Å². The zero-order valence-electron chi connectivity index (χ0n) is 16.2. The Bertz CT molecular complexity index is 1120. The van der Waals surface area contributed by atoms with E-state index in [4.69, 9.17) is 4.99 Å². The third-order valence-electron chi connectivity index (χ3n) is 4.89. The molecule has 0 aliphatic heterocycles. The molecule has 3 nitrogen and oxygen atoms in total. The number of aryl methyl sites for hydroxylation is 1. The predicted octanol–water partition coefficient (Wildman–Crippen LogP) is 6.18. The topological polar surface area (TPSA) is 30.2 Å². The summed E-state index contributed by atoms with van der Waals surface area (Å²) in [5.74, 6) is -0.229. The Balaban J connectivity index is 1.72. The van der Waals surface area contributed by atoms with E-state index in [0.717, 1.165) is 34.6 Å². The van der Waals surface area contributed by atoms with E-state index in [1.165, 1.54) is 17.7 Å². The van der Waals surface area contributed by atoms with Crippen molar-refractivity contribution in [3.05, 3.63) is 101 Å². The SMILES string of the molecule is CC(CCc1ccccc1)n1c(-c2ccc(F)cc2)csc1=Nc1cccnc1. The molecular formula is C24H22FN3S. The number of pyridine rings is 1. The molecule has 0 amide bonds. The lowest BCUT2D eigenvalue weighted by molar-refractivity contribution is 0.501. The molecule has 4 aromatic rings. The minimum absolute atomic E-state index is 0.229. The predicted molar refractivity (Wildman–Crippen MR) is 117 cm³/mol. The first-order valence-corrected chi connectivity index (χ1v) is 10.5. The lowest BCUT2D eigenvalue weighted by Crippen LogP contribution is -2.20. The molecular weight excluding hydrogens is 381 g/mol. The van der Waals surface area contributed by atoms with Crippen LogP contribution in [0.3, 0.4) is 0 Å². The first-order valence-electron chi connectivity index (χ1n) is 9.65. The molecule has 2 heterocycles. The zero-order chi connectivity index (χ0) is 20.1. The van der Waals surface area contributed by atoms with Crippen molar-refractivity contribution in [2.45, 2.75) is 25.8 Å². The highest BCUT2D eigenvalue weighted by Gasteiger charge is 2.14. The van der Waals surface area contributed by atoms with E-state index in [2.05, 4.69) is 46.1 Å². The highest BCUT2D eigenvalue weighted by Crippen LogP contribution is 2.26. The van der Waals surface area contributed by atoms with Crippen LogP contribution in [0.4, 0.5) is 10.1 Å². The molecule has 2 aromatic carbocycles. The molecule has 4 rings (SSSR count). The highest BCUT2D eigenvalue weighted by atomic mass is 32.1. The first kappa shape index (κ1) is 19.3. The van der Waals surface area contributed by atoms with Gasteiger partial charge in [-0.25, -0.2) is 9.38 Å². The summed E-state index contributed by atoms with van der Waals surface area (Å²) >= 11 is 1.59. The van der Waals surface area contributed by atoms with Crippen LogP contribution in [0.1, 0.15) is 24.9 Å². The number of nitrogens with zero attached hydrogens (tertiary/aromatic N) is 3. The van der Waals surface area contributed by atoms with E-state index in [1.807, 2.05) is 30.3 Å². The van der Waals surface area contributed by atoms with Crippen LogP contribution in [0.15, 0.2) is 89.5 Å². The number of halogens is 1. The average molecular weight is 404 g/mol. The molecule has 0 bridgehead atoms. The Morgan fingerprint density at radius 2 is 1.83 bits per heavy atom. The van der Waals surface area contributed by atoms with Crippen molar-refractivity contribution in [3.63, 3.8) is 0 Å². The molecule has 0 saturated heterocycles. The normalized spacial score (nSPS) is 12.8. The smallest absolute Gasteiger partial charge is 0.190 e. The van der Waals surface area contributed by atoms with E-state index in [-0.39, 0.29) is 11.9 Å². The van der Waals surface area contributed by atoms with Crippen molar-refractivity contribution >= 4 is 17.0 Å². The summed E-state index contributed by atoms with van der Waals surface area (Å²) < 4.78 is 15.7. The molecule has 1 unspecified atom stereocenters. The van der Waals surface area contributed by atoms with Crippen molar-refractivity contribution < 1.29 is 4.39 Å². The molecule has 0 saturated carbocycles. The van der Waals surface area contributed by atoms with E-state index in [9.17, 15) is 4.39 Å². The molecule has 1 atom stereocenters. The maximum atomic E-state index is 13.4. The Labute approximate surface area is 173 Å². The summed E-state index contributed by atoms with van der Waals surface area (Å²) in [6.45, 7) is 2.21. The van der Waals surface area contributed by atoms with Crippen molar-refractivity contribution in [1.82, 2.24) is 9.55 Å². The molecule has 2 aromatic heterocycles. The fourth-order valence-corrected chi connectivity index (χ4v) is 4.36. The third kappa shape index (κ3) is 4.69. The van der Waals surface area contributed by atoms with Crippen molar-refractivity contribution in [3.8, 4) is 11.3 Å². The highest BCUT2D eigenvalue weighted by molar-refractivity contribution is 7.07. The minimum Gasteiger partial charge on any atom is -0.314 e. The number of benzene rings is 2. The van der Waals surface area contributed by atoms with Gasteiger partial charge in [0.05, 0.1) is 17.6 Å². The largest absolute Gasteiger partial charge is 0.314 e. The van der Waals surface area contributed by atoms with Crippen LogP contribution in [-0.4, -0.2) is 9.55 Å². The number of rotatable bonds is 6. The van der Waals surface area contributed by atoms with Gasteiger partial charge >= 0.3 is 0 Å². The monoisotopic (exact) mass is 403 g/mol. The molecule has 0 aliphatic carbocycles. The number of hydrogen-bond acceptors (Lipinski definition) is 3. The number of hydrogen-bond donors (Lipinski definition) is 0. The molecule has 29 heavy (non-hydrogen) atoms. The Morgan fingerprint density at radius 1 is 1.03 bits per heavy atom. The number of thiazole rings is 1. The van der Waals surface area contributed by atoms with Crippen LogP contribution < -0.4 is 4.80 Å². The molecule has 5 heteroatoms. The van der Waals surface area contributed by atoms with Crippen molar-refractivity contribution in [2.24, 2.45) is 4.99 Å². The van der Waals surface area contributed by atoms with Gasteiger partial charge in [0, 0.05) is 17.6 Å². The molecule has 0 aliphatic rings. The van der Waals surface area contributed by atoms with Crippen molar-refractivity contribution in [1.29, 1.82) is 0 Å². The third-order valence-corrected chi connectivity index (χ3v) is 5.73. The number of aromatic nitrogens is 2. The fraction of sp³-hybridized carbons (Fsp3) is 0.167. The standard InChI is InChI=1S/C24H22FN3S/c1-18(9-10-19-6-3-2-4-7-19)28-23(20-11-13-21(25)14-12-20)17-29-24(28)27-22-8-5-15-26-16-22/h2-8,11-18H,9-10H2,1H3. The Morgan fingerprint density at radius 3 is 2.55 bits per heavy atom. The quantitative estimate of drug-likeness (QED) is 0.378. The average Bonchev–Trinajstić information content (AvgIpc) is 3.17. The van der Waals surface area contributed by atoms with Crippen LogP contribution in [0.25, 0.3) is 11.3 Å². The molecule has 0 fully saturated rings. The zero-order valence-corrected chi connectivity index (χ0v) is 17.0. The van der Waals surface area contributed by atoms with Crippen LogP contribution in [0, 0.1) is 5.82 Å². The maximum absolute atomic E-state index is 13.4. The van der Waals surface area contributed by atoms with Crippen molar-refractivity contribution in [2.75, 3.05) is 0 Å².